The van der Waals surface area contributed by atoms with E-state index in [0.29, 0.717) is 16.9 Å². The van der Waals surface area contributed by atoms with E-state index in [-0.39, 0.29) is 5.91 Å². The summed E-state index contributed by atoms with van der Waals surface area (Å²) in [6.07, 6.45) is 2.72. The highest BCUT2D eigenvalue weighted by molar-refractivity contribution is 7.13. The van der Waals surface area contributed by atoms with Gasteiger partial charge in [-0.3, -0.25) is 9.69 Å². The van der Waals surface area contributed by atoms with Gasteiger partial charge in [0.25, 0.3) is 5.91 Å². The third-order valence-electron chi connectivity index (χ3n) is 3.89. The minimum absolute atomic E-state index is 0.00489. The Hall–Kier alpha value is -1.18. The molecule has 1 unspecified atom stereocenters. The van der Waals surface area contributed by atoms with E-state index in [9.17, 15) is 4.79 Å². The van der Waals surface area contributed by atoms with Crippen LogP contribution in [0.25, 0.3) is 0 Å². The minimum Gasteiger partial charge on any atom is -0.377 e. The standard InChI is InChI=1S/C13H20N4O2S/c14-13-15-11(9-20-13)12(18)17-5-3-16(4-6-17)8-10-2-1-7-19-10/h9-10H,1-8H2,(H2,14,15). The second-order valence-electron chi connectivity index (χ2n) is 5.30. The highest BCUT2D eigenvalue weighted by Crippen LogP contribution is 2.16. The van der Waals surface area contributed by atoms with E-state index in [2.05, 4.69) is 9.88 Å². The van der Waals surface area contributed by atoms with Gasteiger partial charge < -0.3 is 15.4 Å². The number of nitrogen functional groups attached to an aromatic ring is 1. The molecule has 2 N–H and O–H groups in total. The first kappa shape index (κ1) is 13.8. The van der Waals surface area contributed by atoms with Crippen molar-refractivity contribution in [1.82, 2.24) is 14.8 Å². The lowest BCUT2D eigenvalue weighted by molar-refractivity contribution is 0.0430. The first-order chi connectivity index (χ1) is 9.72. The Morgan fingerprint density at radius 3 is 2.85 bits per heavy atom. The fourth-order valence-electron chi connectivity index (χ4n) is 2.76. The summed E-state index contributed by atoms with van der Waals surface area (Å²) in [4.78, 5) is 20.5. The van der Waals surface area contributed by atoms with Crippen LogP contribution in [0.2, 0.25) is 0 Å². The summed E-state index contributed by atoms with van der Waals surface area (Å²) in [6, 6.07) is 0. The van der Waals surface area contributed by atoms with Crippen LogP contribution in [0.4, 0.5) is 5.13 Å². The van der Waals surface area contributed by atoms with E-state index < -0.39 is 0 Å². The average Bonchev–Trinajstić information content (AvgIpc) is 3.10. The summed E-state index contributed by atoms with van der Waals surface area (Å²) in [5, 5.41) is 2.18. The van der Waals surface area contributed by atoms with E-state index in [1.54, 1.807) is 5.38 Å². The smallest absolute Gasteiger partial charge is 0.273 e. The van der Waals surface area contributed by atoms with E-state index in [4.69, 9.17) is 10.5 Å². The van der Waals surface area contributed by atoms with Crippen molar-refractivity contribution in [3.63, 3.8) is 0 Å². The number of thiazole rings is 1. The molecule has 2 saturated heterocycles. The van der Waals surface area contributed by atoms with Crippen LogP contribution in [-0.2, 0) is 4.74 Å². The van der Waals surface area contributed by atoms with Crippen LogP contribution in [0, 0.1) is 0 Å². The average molecular weight is 296 g/mol. The van der Waals surface area contributed by atoms with Crippen LogP contribution < -0.4 is 5.73 Å². The Morgan fingerprint density at radius 1 is 1.45 bits per heavy atom. The fraction of sp³-hybridized carbons (Fsp3) is 0.692. The maximum atomic E-state index is 12.2. The maximum Gasteiger partial charge on any atom is 0.273 e. The van der Waals surface area contributed by atoms with Gasteiger partial charge in [-0.2, -0.15) is 0 Å². The zero-order chi connectivity index (χ0) is 13.9. The normalized spacial score (nSPS) is 24.2. The van der Waals surface area contributed by atoms with Crippen molar-refractivity contribution in [3.05, 3.63) is 11.1 Å². The quantitative estimate of drug-likeness (QED) is 0.887. The van der Waals surface area contributed by atoms with Crippen LogP contribution in [0.15, 0.2) is 5.38 Å². The van der Waals surface area contributed by atoms with Gasteiger partial charge in [-0.15, -0.1) is 11.3 Å². The third-order valence-corrected chi connectivity index (χ3v) is 4.56. The summed E-state index contributed by atoms with van der Waals surface area (Å²) >= 11 is 1.31. The van der Waals surface area contributed by atoms with Gasteiger partial charge >= 0.3 is 0 Å². The summed E-state index contributed by atoms with van der Waals surface area (Å²) in [5.41, 5.74) is 6.05. The number of nitrogens with zero attached hydrogens (tertiary/aromatic N) is 3. The molecular formula is C13H20N4O2S. The first-order valence-electron chi connectivity index (χ1n) is 7.06. The van der Waals surface area contributed by atoms with Crippen molar-refractivity contribution in [2.24, 2.45) is 0 Å². The Morgan fingerprint density at radius 2 is 2.25 bits per heavy atom. The Bertz CT molecular complexity index is 465. The molecule has 6 nitrogen and oxygen atoms in total. The SMILES string of the molecule is Nc1nc(C(=O)N2CCN(CC3CCCO3)CC2)cs1. The largest absolute Gasteiger partial charge is 0.377 e. The van der Waals surface area contributed by atoms with Crippen molar-refractivity contribution >= 4 is 22.4 Å². The van der Waals surface area contributed by atoms with Crippen molar-refractivity contribution in [2.75, 3.05) is 45.1 Å². The predicted molar refractivity (Wildman–Crippen MR) is 77.8 cm³/mol. The van der Waals surface area contributed by atoms with Gasteiger partial charge in [0, 0.05) is 44.7 Å². The molecule has 1 aromatic heterocycles. The summed E-state index contributed by atoms with van der Waals surface area (Å²) < 4.78 is 5.66. The molecular weight excluding hydrogens is 276 g/mol. The Kier molecular flexibility index (Phi) is 4.18. The number of ether oxygens (including phenoxy) is 1. The number of amides is 1. The highest BCUT2D eigenvalue weighted by atomic mass is 32.1. The first-order valence-corrected chi connectivity index (χ1v) is 7.94. The molecule has 1 amide bonds. The van der Waals surface area contributed by atoms with Gasteiger partial charge in [0.1, 0.15) is 5.69 Å². The summed E-state index contributed by atoms with van der Waals surface area (Å²) in [6.45, 7) is 5.21. The fourth-order valence-corrected chi connectivity index (χ4v) is 3.29. The Balaban J connectivity index is 1.49. The molecule has 20 heavy (non-hydrogen) atoms. The van der Waals surface area contributed by atoms with Crippen LogP contribution in [0.1, 0.15) is 23.3 Å². The predicted octanol–water partition coefficient (Wildman–Crippen LogP) is 0.662. The van der Waals surface area contributed by atoms with E-state index in [0.717, 1.165) is 45.8 Å². The monoisotopic (exact) mass is 296 g/mol. The molecule has 2 aliphatic rings. The molecule has 0 radical (unpaired) electrons. The van der Waals surface area contributed by atoms with Crippen molar-refractivity contribution in [3.8, 4) is 0 Å². The van der Waals surface area contributed by atoms with Gasteiger partial charge in [-0.05, 0) is 12.8 Å². The Labute approximate surface area is 122 Å². The topological polar surface area (TPSA) is 71.7 Å². The molecule has 110 valence electrons. The molecule has 1 atom stereocenters. The highest BCUT2D eigenvalue weighted by Gasteiger charge is 2.26. The minimum atomic E-state index is -0.00489. The number of hydrogen-bond acceptors (Lipinski definition) is 6. The molecule has 3 rings (SSSR count). The molecule has 0 spiro atoms. The van der Waals surface area contributed by atoms with Gasteiger partial charge in [0.05, 0.1) is 6.10 Å². The number of hydrogen-bond donors (Lipinski definition) is 1. The number of carbonyl (C=O) groups is 1. The molecule has 1 aromatic rings. The van der Waals surface area contributed by atoms with Crippen molar-refractivity contribution in [2.45, 2.75) is 18.9 Å². The van der Waals surface area contributed by atoms with Crippen LogP contribution >= 0.6 is 11.3 Å². The van der Waals surface area contributed by atoms with E-state index >= 15 is 0 Å². The van der Waals surface area contributed by atoms with E-state index in [1.807, 2.05) is 4.90 Å². The number of nitrogens with two attached hydrogens (primary N) is 1. The molecule has 0 aromatic carbocycles. The number of aromatic nitrogens is 1. The second kappa shape index (κ2) is 6.07. The lowest BCUT2D eigenvalue weighted by atomic mass is 10.2. The number of piperazine rings is 1. The van der Waals surface area contributed by atoms with Crippen LogP contribution in [-0.4, -0.2) is 66.1 Å². The van der Waals surface area contributed by atoms with Crippen molar-refractivity contribution in [1.29, 1.82) is 0 Å². The summed E-state index contributed by atoms with van der Waals surface area (Å²) in [5.74, 6) is -0.00489. The number of anilines is 1. The van der Waals surface area contributed by atoms with Crippen LogP contribution in [0.5, 0.6) is 0 Å². The summed E-state index contributed by atoms with van der Waals surface area (Å²) in [7, 11) is 0. The third kappa shape index (κ3) is 3.11. The van der Waals surface area contributed by atoms with Gasteiger partial charge in [0.15, 0.2) is 5.13 Å². The lowest BCUT2D eigenvalue weighted by Crippen LogP contribution is -2.50. The number of rotatable bonds is 3. The van der Waals surface area contributed by atoms with E-state index in [1.165, 1.54) is 17.8 Å². The van der Waals surface area contributed by atoms with Gasteiger partial charge in [-0.1, -0.05) is 0 Å². The molecule has 0 saturated carbocycles. The molecule has 0 bridgehead atoms. The maximum absolute atomic E-state index is 12.2. The second-order valence-corrected chi connectivity index (χ2v) is 6.19. The van der Waals surface area contributed by atoms with Crippen molar-refractivity contribution < 1.29 is 9.53 Å². The van der Waals surface area contributed by atoms with Gasteiger partial charge in [0.2, 0.25) is 0 Å². The zero-order valence-corrected chi connectivity index (χ0v) is 12.3. The number of carbonyl (C=O) groups excluding carboxylic acids is 1. The lowest BCUT2D eigenvalue weighted by Gasteiger charge is -2.35. The van der Waals surface area contributed by atoms with Crippen LogP contribution in [0.3, 0.4) is 0 Å². The molecule has 7 heteroatoms. The molecule has 2 aliphatic heterocycles. The molecule has 2 fully saturated rings. The molecule has 3 heterocycles. The zero-order valence-electron chi connectivity index (χ0n) is 11.5. The molecule has 0 aliphatic carbocycles. The van der Waals surface area contributed by atoms with Gasteiger partial charge in [-0.25, -0.2) is 4.98 Å².